The average molecular weight is 1610 g/mol. The van der Waals surface area contributed by atoms with Crippen molar-refractivity contribution in [1.29, 1.82) is 0 Å². The highest BCUT2D eigenvalue weighted by Gasteiger charge is 2.27. The third-order valence-corrected chi connectivity index (χ3v) is 18.7. The number of esters is 3. The SMILES string of the molecule is COC(=O)c1cc(C(=O)c2c(C)c(-c3ccccc3)c3ccccn23)ccc1N.COC(=O)c1cc(C(=O)c2c(C)c(-c3ccccc3)c3ccccn23)ccc1N.COC(=O)c1cc(C(=O)c2c(C)c(Br)c3ccccn23)ccc1N.COCCOCCOC.COCCOCCOC.Cc1ccccc1.Cc1ccccc1. The molecule has 0 saturated carbocycles. The van der Waals surface area contributed by atoms with Crippen LogP contribution in [0.15, 0.2) is 254 Å². The highest BCUT2D eigenvalue weighted by Crippen LogP contribution is 2.37. The highest BCUT2D eigenvalue weighted by atomic mass is 79.9. The van der Waals surface area contributed by atoms with Crippen molar-refractivity contribution in [2.24, 2.45) is 0 Å². The Morgan fingerprint density at radius 1 is 0.316 bits per heavy atom. The van der Waals surface area contributed by atoms with Gasteiger partial charge in [-0.05, 0) is 169 Å². The number of rotatable bonds is 23. The zero-order valence-corrected chi connectivity index (χ0v) is 68.0. The molecule has 0 bridgehead atoms. The van der Waals surface area contributed by atoms with E-state index in [0.29, 0.717) is 86.6 Å². The van der Waals surface area contributed by atoms with E-state index in [1.54, 1.807) is 64.8 Å². The molecule has 0 amide bonds. The van der Waals surface area contributed by atoms with E-state index in [9.17, 15) is 28.8 Å². The summed E-state index contributed by atoms with van der Waals surface area (Å²) in [6.45, 7) is 15.2. The Kier molecular flexibility index (Phi) is 36.0. The van der Waals surface area contributed by atoms with E-state index < -0.39 is 17.9 Å². The van der Waals surface area contributed by atoms with Gasteiger partial charge >= 0.3 is 17.9 Å². The summed E-state index contributed by atoms with van der Waals surface area (Å²) in [6.07, 6.45) is 5.58. The number of carbonyl (C=O) groups is 6. The van der Waals surface area contributed by atoms with Crippen molar-refractivity contribution in [1.82, 2.24) is 13.2 Å². The van der Waals surface area contributed by atoms with Gasteiger partial charge in [-0.2, -0.15) is 0 Å². The zero-order valence-electron chi connectivity index (χ0n) is 66.4. The van der Waals surface area contributed by atoms with Gasteiger partial charge in [-0.15, -0.1) is 0 Å². The first kappa shape index (κ1) is 89.1. The Hall–Kier alpha value is -12.1. The number of carbonyl (C=O) groups excluding carboxylic acids is 6. The molecule has 0 aliphatic carbocycles. The number of ether oxygens (including phenoxy) is 9. The number of aromatic nitrogens is 3. The summed E-state index contributed by atoms with van der Waals surface area (Å²) in [6, 6.07) is 71.8. The van der Waals surface area contributed by atoms with Gasteiger partial charge in [-0.25, -0.2) is 14.4 Å². The minimum Gasteiger partial charge on any atom is -0.465 e. The van der Waals surface area contributed by atoms with Gasteiger partial charge in [0.05, 0.1) is 125 Å². The zero-order chi connectivity index (χ0) is 82.6. The van der Waals surface area contributed by atoms with E-state index in [0.717, 1.165) is 60.0 Å². The van der Waals surface area contributed by atoms with Gasteiger partial charge in [-0.3, -0.25) is 14.4 Å². The van der Waals surface area contributed by atoms with Crippen LogP contribution in [0.1, 0.15) is 107 Å². The lowest BCUT2D eigenvalue weighted by molar-refractivity contribution is 0.0385. The number of nitrogens with two attached hydrogens (primary N) is 3. The van der Waals surface area contributed by atoms with Crippen LogP contribution in [0.4, 0.5) is 17.1 Å². The fraction of sp³-hybridized carbons (Fsp3) is 0.217. The topological polar surface area (TPSA) is 277 Å². The van der Waals surface area contributed by atoms with Crippen molar-refractivity contribution in [3.63, 3.8) is 0 Å². The fourth-order valence-electron chi connectivity index (χ4n) is 11.9. The number of anilines is 3. The van der Waals surface area contributed by atoms with Gasteiger partial charge in [0, 0.05) is 96.4 Å². The van der Waals surface area contributed by atoms with Crippen molar-refractivity contribution in [3.05, 3.63) is 332 Å². The van der Waals surface area contributed by atoms with Gasteiger partial charge in [0.25, 0.3) is 0 Å². The molecule has 0 aliphatic rings. The first-order chi connectivity index (χ1) is 55.1. The van der Waals surface area contributed by atoms with Crippen molar-refractivity contribution in [2.75, 3.05) is 120 Å². The van der Waals surface area contributed by atoms with E-state index in [2.05, 4.69) is 54.0 Å². The molecule has 0 fully saturated rings. The first-order valence-corrected chi connectivity index (χ1v) is 37.2. The van der Waals surface area contributed by atoms with Crippen LogP contribution in [0.25, 0.3) is 38.8 Å². The van der Waals surface area contributed by atoms with Crippen LogP contribution in [0.2, 0.25) is 0 Å². The summed E-state index contributed by atoms with van der Waals surface area (Å²) >= 11 is 3.54. The predicted octanol–water partition coefficient (Wildman–Crippen LogP) is 17.2. The number of benzene rings is 7. The average Bonchev–Trinajstić information content (AvgIpc) is 1.61. The fourth-order valence-corrected chi connectivity index (χ4v) is 12.5. The first-order valence-electron chi connectivity index (χ1n) is 36.4. The van der Waals surface area contributed by atoms with Crippen molar-refractivity contribution < 1.29 is 71.4 Å². The van der Waals surface area contributed by atoms with Crippen LogP contribution in [0.3, 0.4) is 0 Å². The largest absolute Gasteiger partial charge is 0.465 e. The molecule has 114 heavy (non-hydrogen) atoms. The van der Waals surface area contributed by atoms with Crippen LogP contribution in [0.5, 0.6) is 0 Å². The van der Waals surface area contributed by atoms with Crippen molar-refractivity contribution in [2.45, 2.75) is 34.6 Å². The lowest BCUT2D eigenvalue weighted by Crippen LogP contribution is -2.11. The van der Waals surface area contributed by atoms with E-state index in [1.807, 2.05) is 204 Å². The molecule has 21 nitrogen and oxygen atoms in total. The number of aryl methyl sites for hydroxylation is 2. The molecule has 0 spiro atoms. The summed E-state index contributed by atoms with van der Waals surface area (Å²) in [7, 11) is 10.5. The molecule has 0 radical (unpaired) electrons. The summed E-state index contributed by atoms with van der Waals surface area (Å²) in [5, 5.41) is 0. The number of pyridine rings is 3. The number of nitrogen functional groups attached to an aromatic ring is 3. The molecular weight excluding hydrogens is 1510 g/mol. The molecule has 6 heterocycles. The molecule has 6 aromatic heterocycles. The number of methoxy groups -OCH3 is 7. The maximum Gasteiger partial charge on any atom is 0.339 e. The molecule has 22 heteroatoms. The maximum atomic E-state index is 13.5. The van der Waals surface area contributed by atoms with Gasteiger partial charge in [-0.1, -0.05) is 151 Å². The van der Waals surface area contributed by atoms with Gasteiger partial charge in [0.2, 0.25) is 17.3 Å². The molecule has 0 aliphatic heterocycles. The molecule has 6 N–H and O–H groups in total. The Labute approximate surface area is 674 Å². The number of hydrogen-bond donors (Lipinski definition) is 3. The summed E-state index contributed by atoms with van der Waals surface area (Å²) < 4.78 is 49.9. The van der Waals surface area contributed by atoms with Crippen LogP contribution >= 0.6 is 15.9 Å². The van der Waals surface area contributed by atoms with Gasteiger partial charge < -0.3 is 73.0 Å². The van der Waals surface area contributed by atoms with Gasteiger partial charge in [0.1, 0.15) is 0 Å². The maximum absolute atomic E-state index is 13.5. The Morgan fingerprint density at radius 3 is 0.851 bits per heavy atom. The van der Waals surface area contributed by atoms with Crippen LogP contribution in [-0.4, -0.2) is 151 Å². The van der Waals surface area contributed by atoms with E-state index in [4.69, 9.17) is 59.8 Å². The lowest BCUT2D eigenvalue weighted by atomic mass is 9.98. The monoisotopic (exact) mass is 1610 g/mol. The highest BCUT2D eigenvalue weighted by molar-refractivity contribution is 9.10. The molecule has 0 atom stereocenters. The van der Waals surface area contributed by atoms with Crippen LogP contribution < -0.4 is 17.2 Å². The molecule has 13 aromatic rings. The standard InChI is InChI=1S/2C24H20N2O3.C18H15BrN2O3.2C7H8.2C6H14O3/c2*1-15-21(16-8-4-3-5-9-16)20-10-6-7-13-26(20)22(15)23(27)17-11-12-19(25)18(14-17)24(28)29-2;1-10-15(19)14-5-3-4-8-21(14)16(10)17(22)11-6-7-13(20)12(9-11)18(23)24-2;2*1-7-5-3-2-4-6-7;2*1-7-3-5-9-6-4-8-2/h2*3-14H,25H2,1-2H3;3-9H,20H2,1-2H3;2*2-6H,1H3;2*3-6H2,1-2H3. The second-order valence-corrected chi connectivity index (χ2v) is 26.3. The molecule has 594 valence electrons. The van der Waals surface area contributed by atoms with E-state index in [-0.39, 0.29) is 51.1 Å². The molecule has 7 aromatic carbocycles. The van der Waals surface area contributed by atoms with Crippen molar-refractivity contribution in [3.8, 4) is 22.3 Å². The summed E-state index contributed by atoms with van der Waals surface area (Å²) in [4.78, 5) is 75.8. The summed E-state index contributed by atoms with van der Waals surface area (Å²) in [5.74, 6) is -2.27. The summed E-state index contributed by atoms with van der Waals surface area (Å²) in [5.41, 5.74) is 33.9. The minimum atomic E-state index is -0.570. The third-order valence-electron chi connectivity index (χ3n) is 17.7. The predicted molar refractivity (Wildman–Crippen MR) is 453 cm³/mol. The number of halogens is 1. The molecule has 13 rings (SSSR count). The third kappa shape index (κ3) is 24.0. The van der Waals surface area contributed by atoms with Crippen molar-refractivity contribution >= 4 is 84.8 Å². The van der Waals surface area contributed by atoms with E-state index in [1.165, 1.54) is 50.7 Å². The van der Waals surface area contributed by atoms with Crippen LogP contribution in [0, 0.1) is 34.6 Å². The molecule has 0 unspecified atom stereocenters. The van der Waals surface area contributed by atoms with Gasteiger partial charge in [0.15, 0.2) is 0 Å². The Balaban J connectivity index is 0.000000199. The molecule has 0 saturated heterocycles. The number of fused-ring (bicyclic) bond motifs is 3. The lowest BCUT2D eigenvalue weighted by Gasteiger charge is -2.08. The smallest absolute Gasteiger partial charge is 0.339 e. The second-order valence-electron chi connectivity index (χ2n) is 25.5. The number of hydrogen-bond acceptors (Lipinski definition) is 18. The van der Waals surface area contributed by atoms with E-state index >= 15 is 0 Å². The normalized spacial score (nSPS) is 10.4. The van der Waals surface area contributed by atoms with Crippen LogP contribution in [-0.2, 0) is 42.6 Å². The quantitative estimate of drug-likeness (QED) is 0.0176. The Morgan fingerprint density at radius 2 is 0.579 bits per heavy atom. The molecular formula is C92H99BrN6O15. The number of nitrogens with zero attached hydrogens (tertiary/aromatic N) is 3. The minimum absolute atomic E-state index is 0.181. The second kappa shape index (κ2) is 46.0. The Bertz CT molecular complexity index is 5040. The number of ketones is 3.